The van der Waals surface area contributed by atoms with Gasteiger partial charge in [-0.1, -0.05) is 41.6 Å². The van der Waals surface area contributed by atoms with Crippen LogP contribution in [-0.2, 0) is 10.0 Å². The van der Waals surface area contributed by atoms with E-state index >= 15 is 0 Å². The molecule has 1 N–H and O–H groups in total. The molecule has 3 rings (SSSR count). The summed E-state index contributed by atoms with van der Waals surface area (Å²) in [6.45, 7) is 3.61. The fraction of sp³-hybridized carbons (Fsp3) is 0.118. The number of aryl methyl sites for hydroxylation is 1. The van der Waals surface area contributed by atoms with Gasteiger partial charge in [0.2, 0.25) is 0 Å². The van der Waals surface area contributed by atoms with Gasteiger partial charge in [0.25, 0.3) is 15.9 Å². The van der Waals surface area contributed by atoms with Gasteiger partial charge in [-0.3, -0.25) is 0 Å². The van der Waals surface area contributed by atoms with Crippen molar-refractivity contribution in [2.24, 2.45) is 0 Å². The highest BCUT2D eigenvalue weighted by Gasteiger charge is 2.24. The van der Waals surface area contributed by atoms with E-state index in [1.54, 1.807) is 18.4 Å². The molecule has 0 radical (unpaired) electrons. The Hall–Kier alpha value is -1.90. The van der Waals surface area contributed by atoms with Crippen LogP contribution in [0.4, 0.5) is 5.88 Å². The van der Waals surface area contributed by atoms with Crippen LogP contribution in [0, 0.1) is 6.92 Å². The quantitative estimate of drug-likeness (QED) is 0.596. The Morgan fingerprint density at radius 2 is 2.00 bits per heavy atom. The Balaban J connectivity index is 1.95. The summed E-state index contributed by atoms with van der Waals surface area (Å²) in [5.74, 6) is 0.0688. The van der Waals surface area contributed by atoms with Crippen LogP contribution >= 0.6 is 27.3 Å². The molecule has 25 heavy (non-hydrogen) atoms. The van der Waals surface area contributed by atoms with Crippen LogP contribution in [0.2, 0.25) is 0 Å². The lowest BCUT2D eigenvalue weighted by Crippen LogP contribution is -2.13. The Morgan fingerprint density at radius 3 is 2.64 bits per heavy atom. The van der Waals surface area contributed by atoms with Gasteiger partial charge in [0.05, 0.1) is 10.6 Å². The molecule has 0 aliphatic carbocycles. The second-order valence-corrected chi connectivity index (χ2v) is 8.73. The molecular formula is C17H15BrN2O3S2. The van der Waals surface area contributed by atoms with Crippen molar-refractivity contribution in [2.45, 2.75) is 18.7 Å². The Kier molecular flexibility index (Phi) is 5.12. The molecule has 2 aromatic heterocycles. The predicted octanol–water partition coefficient (Wildman–Crippen LogP) is 5.17. The molecule has 130 valence electrons. The number of aromatic nitrogens is 1. The van der Waals surface area contributed by atoms with Gasteiger partial charge in [-0.05, 0) is 52.4 Å². The molecule has 0 unspecified atom stereocenters. The summed E-state index contributed by atoms with van der Waals surface area (Å²) in [7, 11) is -3.79. The van der Waals surface area contributed by atoms with Crippen molar-refractivity contribution in [3.05, 3.63) is 62.4 Å². The van der Waals surface area contributed by atoms with Crippen molar-refractivity contribution in [3.8, 4) is 0 Å². The molecule has 0 aliphatic heterocycles. The largest absolute Gasteiger partial charge is 0.336 e. The van der Waals surface area contributed by atoms with Crippen LogP contribution in [0.15, 0.2) is 55.7 Å². The van der Waals surface area contributed by atoms with Crippen molar-refractivity contribution in [1.29, 1.82) is 0 Å². The number of nitrogens with zero attached hydrogens (tertiary/aromatic N) is 1. The number of nitrogens with one attached hydrogen (secondary N) is 1. The summed E-state index contributed by atoms with van der Waals surface area (Å²) in [5, 5.41) is 5.49. The van der Waals surface area contributed by atoms with Crippen molar-refractivity contribution >= 4 is 54.8 Å². The molecule has 1 aromatic carbocycles. The third-order valence-electron chi connectivity index (χ3n) is 3.48. The first-order valence-corrected chi connectivity index (χ1v) is 10.5. The molecule has 3 aromatic rings. The third-order valence-corrected chi connectivity index (χ3v) is 6.96. The average Bonchev–Trinajstić information content (AvgIpc) is 3.19. The summed E-state index contributed by atoms with van der Waals surface area (Å²) in [6.07, 6.45) is 1.96. The molecule has 0 aliphatic rings. The van der Waals surface area contributed by atoms with Crippen LogP contribution in [-0.4, -0.2) is 13.6 Å². The van der Waals surface area contributed by atoms with E-state index in [0.717, 1.165) is 11.1 Å². The predicted molar refractivity (Wildman–Crippen MR) is 104 cm³/mol. The number of allylic oxidation sites excluding steroid dienone is 1. The van der Waals surface area contributed by atoms with Crippen molar-refractivity contribution in [3.63, 3.8) is 0 Å². The standard InChI is InChI=1S/C17H15BrN2O3S2/c1-11(10-13-6-4-3-5-7-13)16-14(8-9-24-16)25(21,22)20-17-15(18)12(2)19-23-17/h3-10,20H,1-2H3. The highest BCUT2D eigenvalue weighted by molar-refractivity contribution is 9.10. The van der Waals surface area contributed by atoms with E-state index in [4.69, 9.17) is 4.52 Å². The first-order chi connectivity index (χ1) is 11.9. The van der Waals surface area contributed by atoms with Crippen molar-refractivity contribution < 1.29 is 12.9 Å². The van der Waals surface area contributed by atoms with Gasteiger partial charge >= 0.3 is 0 Å². The summed E-state index contributed by atoms with van der Waals surface area (Å²) in [6, 6.07) is 11.3. The number of thiophene rings is 1. The average molecular weight is 439 g/mol. The number of anilines is 1. The van der Waals surface area contributed by atoms with E-state index in [1.165, 1.54) is 11.3 Å². The molecule has 0 atom stereocenters. The zero-order valence-corrected chi connectivity index (χ0v) is 16.7. The van der Waals surface area contributed by atoms with Crippen LogP contribution < -0.4 is 4.72 Å². The number of sulfonamides is 1. The third kappa shape index (κ3) is 3.86. The Morgan fingerprint density at radius 1 is 1.28 bits per heavy atom. The fourth-order valence-electron chi connectivity index (χ4n) is 2.26. The van der Waals surface area contributed by atoms with Gasteiger partial charge in [0.1, 0.15) is 9.37 Å². The lowest BCUT2D eigenvalue weighted by Gasteiger charge is -2.07. The van der Waals surface area contributed by atoms with E-state index in [-0.39, 0.29) is 10.8 Å². The second kappa shape index (κ2) is 7.15. The highest BCUT2D eigenvalue weighted by atomic mass is 79.9. The van der Waals surface area contributed by atoms with Gasteiger partial charge in [-0.2, -0.15) is 0 Å². The van der Waals surface area contributed by atoms with Crippen LogP contribution in [0.5, 0.6) is 0 Å². The maximum Gasteiger partial charge on any atom is 0.265 e. The van der Waals surface area contributed by atoms with E-state index in [0.29, 0.717) is 15.0 Å². The summed E-state index contributed by atoms with van der Waals surface area (Å²) < 4.78 is 33.5. The molecule has 0 fully saturated rings. The van der Waals surface area contributed by atoms with Gasteiger partial charge < -0.3 is 4.52 Å². The number of halogens is 1. The van der Waals surface area contributed by atoms with Crippen LogP contribution in [0.1, 0.15) is 23.1 Å². The van der Waals surface area contributed by atoms with Crippen LogP contribution in [0.3, 0.4) is 0 Å². The minimum Gasteiger partial charge on any atom is -0.336 e. The number of hydrogen-bond donors (Lipinski definition) is 1. The van der Waals surface area contributed by atoms with Gasteiger partial charge in [0.15, 0.2) is 0 Å². The first-order valence-electron chi connectivity index (χ1n) is 7.34. The first kappa shape index (κ1) is 17.9. The smallest absolute Gasteiger partial charge is 0.265 e. The monoisotopic (exact) mass is 438 g/mol. The Bertz CT molecular complexity index is 1020. The maximum absolute atomic E-state index is 12.8. The highest BCUT2D eigenvalue weighted by Crippen LogP contribution is 2.33. The summed E-state index contributed by atoms with van der Waals surface area (Å²) >= 11 is 4.64. The summed E-state index contributed by atoms with van der Waals surface area (Å²) in [4.78, 5) is 0.895. The van der Waals surface area contributed by atoms with Crippen molar-refractivity contribution in [1.82, 2.24) is 5.16 Å². The molecular weight excluding hydrogens is 424 g/mol. The summed E-state index contributed by atoms with van der Waals surface area (Å²) in [5.41, 5.74) is 2.45. The number of hydrogen-bond acceptors (Lipinski definition) is 5. The molecule has 2 heterocycles. The Labute approximate surface area is 158 Å². The van der Waals surface area contributed by atoms with E-state index in [2.05, 4.69) is 25.8 Å². The topological polar surface area (TPSA) is 72.2 Å². The molecule has 0 saturated carbocycles. The molecule has 8 heteroatoms. The number of rotatable bonds is 5. The minimum absolute atomic E-state index is 0.0688. The van der Waals surface area contributed by atoms with Crippen LogP contribution in [0.25, 0.3) is 11.6 Å². The van der Waals surface area contributed by atoms with Gasteiger partial charge in [-0.25, -0.2) is 13.1 Å². The lowest BCUT2D eigenvalue weighted by atomic mass is 10.1. The van der Waals surface area contributed by atoms with Gasteiger partial charge in [-0.15, -0.1) is 11.3 Å². The van der Waals surface area contributed by atoms with E-state index < -0.39 is 10.0 Å². The minimum atomic E-state index is -3.79. The molecule has 0 amide bonds. The molecule has 0 saturated heterocycles. The SMILES string of the molecule is CC(=Cc1ccccc1)c1sccc1S(=O)(=O)Nc1onc(C)c1Br. The maximum atomic E-state index is 12.8. The normalized spacial score (nSPS) is 12.4. The molecule has 0 bridgehead atoms. The van der Waals surface area contributed by atoms with E-state index in [9.17, 15) is 8.42 Å². The van der Waals surface area contributed by atoms with E-state index in [1.807, 2.05) is 43.3 Å². The van der Waals surface area contributed by atoms with Gasteiger partial charge in [0, 0.05) is 0 Å². The molecule has 5 nitrogen and oxygen atoms in total. The molecule has 0 spiro atoms. The van der Waals surface area contributed by atoms with Crippen molar-refractivity contribution in [2.75, 3.05) is 4.72 Å². The zero-order valence-electron chi connectivity index (χ0n) is 13.5. The second-order valence-electron chi connectivity index (χ2n) is 5.37. The zero-order chi connectivity index (χ0) is 18.0. The lowest BCUT2D eigenvalue weighted by molar-refractivity contribution is 0.430. The fourth-order valence-corrected chi connectivity index (χ4v) is 5.11. The number of benzene rings is 1.